The van der Waals surface area contributed by atoms with Crippen molar-refractivity contribution in [3.05, 3.63) is 17.8 Å². The fourth-order valence-corrected chi connectivity index (χ4v) is 1.89. The molecule has 0 bridgehead atoms. The molecule has 1 fully saturated rings. The molecule has 2 heterocycles. The maximum atomic E-state index is 5.85. The topological polar surface area (TPSA) is 38.1 Å². The molecule has 84 valence electrons. The van der Waals surface area contributed by atoms with Gasteiger partial charge in [0.1, 0.15) is 5.76 Å². The average Bonchev–Trinajstić information content (AvgIpc) is 2.67. The molecule has 0 unspecified atom stereocenters. The summed E-state index contributed by atoms with van der Waals surface area (Å²) in [4.78, 5) is 4.41. The smallest absolute Gasteiger partial charge is 0.197 e. The molecular weight excluding hydrogens is 188 g/mol. The molecule has 3 nitrogen and oxygen atoms in total. The highest BCUT2D eigenvalue weighted by molar-refractivity contribution is 5.08. The van der Waals surface area contributed by atoms with Gasteiger partial charge in [-0.15, -0.1) is 0 Å². The van der Waals surface area contributed by atoms with E-state index in [1.807, 2.05) is 6.20 Å². The first-order valence-electron chi connectivity index (χ1n) is 5.74. The Labute approximate surface area is 91.3 Å². The maximum absolute atomic E-state index is 5.85. The normalized spacial score (nSPS) is 19.4. The molecule has 0 radical (unpaired) electrons. The van der Waals surface area contributed by atoms with Crippen LogP contribution in [-0.4, -0.2) is 18.1 Å². The zero-order valence-electron chi connectivity index (χ0n) is 9.84. The number of nitrogens with one attached hydrogen (secondary N) is 1. The lowest BCUT2D eigenvalue weighted by molar-refractivity contribution is 0.333. The summed E-state index contributed by atoms with van der Waals surface area (Å²) in [5.41, 5.74) is 0.0676. The van der Waals surface area contributed by atoms with Gasteiger partial charge in [0.25, 0.3) is 0 Å². The van der Waals surface area contributed by atoms with Crippen LogP contribution in [0.25, 0.3) is 0 Å². The molecule has 0 amide bonds. The predicted molar refractivity (Wildman–Crippen MR) is 60.0 cm³/mol. The largest absolute Gasteiger partial charge is 0.445 e. The molecule has 0 aliphatic carbocycles. The molecule has 3 heteroatoms. The van der Waals surface area contributed by atoms with E-state index in [0.717, 1.165) is 37.6 Å². The van der Waals surface area contributed by atoms with Gasteiger partial charge < -0.3 is 9.73 Å². The van der Waals surface area contributed by atoms with E-state index in [4.69, 9.17) is 4.42 Å². The highest BCUT2D eigenvalue weighted by Gasteiger charge is 2.24. The third-order valence-corrected chi connectivity index (χ3v) is 2.95. The summed E-state index contributed by atoms with van der Waals surface area (Å²) in [7, 11) is 0. The van der Waals surface area contributed by atoms with E-state index in [1.165, 1.54) is 0 Å². The van der Waals surface area contributed by atoms with E-state index in [-0.39, 0.29) is 5.41 Å². The molecule has 1 aliphatic heterocycles. The Balaban J connectivity index is 2.12. The number of aromatic nitrogens is 1. The molecule has 0 saturated carbocycles. The molecule has 15 heavy (non-hydrogen) atoms. The van der Waals surface area contributed by atoms with Crippen LogP contribution in [-0.2, 0) is 5.41 Å². The lowest BCUT2D eigenvalue weighted by atomic mass is 9.94. The minimum atomic E-state index is 0.0676. The van der Waals surface area contributed by atoms with E-state index >= 15 is 0 Å². The summed E-state index contributed by atoms with van der Waals surface area (Å²) >= 11 is 0. The van der Waals surface area contributed by atoms with Gasteiger partial charge in [0.2, 0.25) is 0 Å². The predicted octanol–water partition coefficient (Wildman–Crippen LogP) is 2.44. The molecule has 1 saturated heterocycles. The first kappa shape index (κ1) is 10.7. The van der Waals surface area contributed by atoms with Gasteiger partial charge in [-0.1, -0.05) is 20.8 Å². The van der Waals surface area contributed by atoms with Crippen LogP contribution >= 0.6 is 0 Å². The van der Waals surface area contributed by atoms with Crippen LogP contribution < -0.4 is 5.32 Å². The second-order valence-corrected chi connectivity index (χ2v) is 5.34. The average molecular weight is 208 g/mol. The second kappa shape index (κ2) is 3.97. The summed E-state index contributed by atoms with van der Waals surface area (Å²) in [6, 6.07) is 0. The van der Waals surface area contributed by atoms with Crippen LogP contribution in [0.1, 0.15) is 51.2 Å². The van der Waals surface area contributed by atoms with E-state index in [0.29, 0.717) is 5.92 Å². The molecule has 0 spiro atoms. The van der Waals surface area contributed by atoms with Crippen molar-refractivity contribution in [2.45, 2.75) is 44.9 Å². The van der Waals surface area contributed by atoms with Gasteiger partial charge >= 0.3 is 0 Å². The van der Waals surface area contributed by atoms with Crippen molar-refractivity contribution in [1.82, 2.24) is 10.3 Å². The van der Waals surface area contributed by atoms with Crippen LogP contribution in [0.5, 0.6) is 0 Å². The highest BCUT2D eigenvalue weighted by atomic mass is 16.4. The first-order valence-corrected chi connectivity index (χ1v) is 5.74. The van der Waals surface area contributed by atoms with Gasteiger partial charge in [-0.25, -0.2) is 4.98 Å². The maximum Gasteiger partial charge on any atom is 0.197 e. The second-order valence-electron chi connectivity index (χ2n) is 5.34. The number of oxazole rings is 1. The Morgan fingerprint density at radius 1 is 1.33 bits per heavy atom. The lowest BCUT2D eigenvalue weighted by Gasteiger charge is -2.20. The summed E-state index contributed by atoms with van der Waals surface area (Å²) in [6.45, 7) is 8.62. The van der Waals surface area contributed by atoms with Gasteiger partial charge in [-0.3, -0.25) is 0 Å². The van der Waals surface area contributed by atoms with Crippen LogP contribution in [0.2, 0.25) is 0 Å². The number of nitrogens with zero attached hydrogens (tertiary/aromatic N) is 1. The first-order chi connectivity index (χ1) is 7.07. The van der Waals surface area contributed by atoms with Crippen LogP contribution in [0.4, 0.5) is 0 Å². The van der Waals surface area contributed by atoms with Gasteiger partial charge in [0, 0.05) is 11.3 Å². The number of piperidine rings is 1. The molecule has 2 rings (SSSR count). The fourth-order valence-electron chi connectivity index (χ4n) is 1.89. The van der Waals surface area contributed by atoms with Gasteiger partial charge in [0.05, 0.1) is 6.20 Å². The van der Waals surface area contributed by atoms with Crippen molar-refractivity contribution < 1.29 is 4.42 Å². The van der Waals surface area contributed by atoms with Crippen molar-refractivity contribution in [3.63, 3.8) is 0 Å². The SMILES string of the molecule is CC(C)(C)c1cnc(C2CCNCC2)o1. The molecule has 1 N–H and O–H groups in total. The lowest BCUT2D eigenvalue weighted by Crippen LogP contribution is -2.26. The van der Waals surface area contributed by atoms with Crippen molar-refractivity contribution in [1.29, 1.82) is 0 Å². The summed E-state index contributed by atoms with van der Waals surface area (Å²) in [5.74, 6) is 2.44. The number of hydrogen-bond acceptors (Lipinski definition) is 3. The molecule has 0 aromatic carbocycles. The Bertz CT molecular complexity index is 319. The van der Waals surface area contributed by atoms with Gasteiger partial charge in [-0.2, -0.15) is 0 Å². The van der Waals surface area contributed by atoms with E-state index in [1.54, 1.807) is 0 Å². The third kappa shape index (κ3) is 2.40. The standard InChI is InChI=1S/C12H20N2O/c1-12(2,3)10-8-14-11(15-10)9-4-6-13-7-5-9/h8-9,13H,4-7H2,1-3H3. The van der Waals surface area contributed by atoms with E-state index < -0.39 is 0 Å². The van der Waals surface area contributed by atoms with Crippen LogP contribution in [0.15, 0.2) is 10.6 Å². The van der Waals surface area contributed by atoms with Crippen molar-refractivity contribution >= 4 is 0 Å². The van der Waals surface area contributed by atoms with Crippen molar-refractivity contribution in [3.8, 4) is 0 Å². The quantitative estimate of drug-likeness (QED) is 0.770. The minimum Gasteiger partial charge on any atom is -0.445 e. The monoisotopic (exact) mass is 208 g/mol. The van der Waals surface area contributed by atoms with E-state index in [9.17, 15) is 0 Å². The Morgan fingerprint density at radius 2 is 2.00 bits per heavy atom. The Hall–Kier alpha value is -0.830. The number of hydrogen-bond donors (Lipinski definition) is 1. The summed E-state index contributed by atoms with van der Waals surface area (Å²) in [5, 5.41) is 3.35. The summed E-state index contributed by atoms with van der Waals surface area (Å²) in [6.07, 6.45) is 4.17. The highest BCUT2D eigenvalue weighted by Crippen LogP contribution is 2.29. The van der Waals surface area contributed by atoms with Crippen LogP contribution in [0.3, 0.4) is 0 Å². The van der Waals surface area contributed by atoms with Crippen molar-refractivity contribution in [2.75, 3.05) is 13.1 Å². The zero-order valence-corrected chi connectivity index (χ0v) is 9.84. The molecular formula is C12H20N2O. The molecule has 1 aromatic rings. The van der Waals surface area contributed by atoms with Crippen LogP contribution in [0, 0.1) is 0 Å². The van der Waals surface area contributed by atoms with E-state index in [2.05, 4.69) is 31.1 Å². The van der Waals surface area contributed by atoms with Gasteiger partial charge in [-0.05, 0) is 25.9 Å². The molecule has 1 aliphatic rings. The minimum absolute atomic E-state index is 0.0676. The fraction of sp³-hybridized carbons (Fsp3) is 0.750. The summed E-state index contributed by atoms with van der Waals surface area (Å²) < 4.78 is 5.85. The Morgan fingerprint density at radius 3 is 2.53 bits per heavy atom. The number of rotatable bonds is 1. The third-order valence-electron chi connectivity index (χ3n) is 2.95. The zero-order chi connectivity index (χ0) is 10.9. The molecule has 0 atom stereocenters. The molecule has 1 aromatic heterocycles. The van der Waals surface area contributed by atoms with Gasteiger partial charge in [0.15, 0.2) is 5.89 Å². The van der Waals surface area contributed by atoms with Crippen molar-refractivity contribution in [2.24, 2.45) is 0 Å². The Kier molecular flexibility index (Phi) is 2.83.